The second-order valence-electron chi connectivity index (χ2n) is 4.67. The number of aryl methyl sites for hydroxylation is 1. The Morgan fingerprint density at radius 2 is 2.05 bits per heavy atom. The van der Waals surface area contributed by atoms with E-state index in [1.165, 1.54) is 0 Å². The van der Waals surface area contributed by atoms with Crippen LogP contribution in [0, 0.1) is 6.92 Å². The second-order valence-corrected chi connectivity index (χ2v) is 4.67. The Morgan fingerprint density at radius 1 is 1.25 bits per heavy atom. The maximum absolute atomic E-state index is 12.2. The minimum atomic E-state index is -0.191. The first kappa shape index (κ1) is 12.4. The van der Waals surface area contributed by atoms with Crippen molar-refractivity contribution in [3.05, 3.63) is 47.4 Å². The van der Waals surface area contributed by atoms with Gasteiger partial charge in [-0.1, -0.05) is 0 Å². The fourth-order valence-corrected chi connectivity index (χ4v) is 2.02. The Hall–Kier alpha value is -2.63. The third-order valence-corrected chi connectivity index (χ3v) is 3.11. The summed E-state index contributed by atoms with van der Waals surface area (Å²) in [4.78, 5) is 12.2. The Balaban J connectivity index is 1.78. The lowest BCUT2D eigenvalue weighted by Crippen LogP contribution is -2.26. The van der Waals surface area contributed by atoms with Crippen LogP contribution in [0.3, 0.4) is 0 Å². The number of rotatable bonds is 3. The molecule has 1 aromatic carbocycles. The van der Waals surface area contributed by atoms with Crippen molar-refractivity contribution in [1.29, 1.82) is 0 Å². The number of carbonyl (C=O) groups is 1. The third-order valence-electron chi connectivity index (χ3n) is 3.11. The Morgan fingerprint density at radius 3 is 2.80 bits per heavy atom. The lowest BCUT2D eigenvalue weighted by atomic mass is 10.1. The molecule has 0 saturated carbocycles. The number of nitrogens with zero attached hydrogens (tertiary/aromatic N) is 2. The molecule has 20 heavy (non-hydrogen) atoms. The molecular weight excluding hydrogens is 256 g/mol. The van der Waals surface area contributed by atoms with Crippen LogP contribution in [0.25, 0.3) is 11.0 Å². The molecule has 2 aromatic heterocycles. The number of hydrogen-bond acceptors (Lipinski definition) is 4. The zero-order chi connectivity index (χ0) is 14.1. The van der Waals surface area contributed by atoms with E-state index in [-0.39, 0.29) is 11.9 Å². The molecule has 0 bridgehead atoms. The molecule has 3 aromatic rings. The third kappa shape index (κ3) is 2.27. The van der Waals surface area contributed by atoms with Gasteiger partial charge in [0.15, 0.2) is 0 Å². The highest BCUT2D eigenvalue weighted by Gasteiger charge is 2.14. The van der Waals surface area contributed by atoms with Gasteiger partial charge in [0.05, 0.1) is 6.04 Å². The van der Waals surface area contributed by atoms with E-state index in [1.807, 2.05) is 26.0 Å². The minimum absolute atomic E-state index is 0.170. The van der Waals surface area contributed by atoms with Gasteiger partial charge in [0.2, 0.25) is 0 Å². The van der Waals surface area contributed by atoms with E-state index in [4.69, 9.17) is 4.42 Å². The number of nitrogens with one attached hydrogen (secondary N) is 2. The maximum atomic E-state index is 12.2. The number of fused-ring (bicyclic) bond motifs is 1. The minimum Gasteiger partial charge on any atom is -0.464 e. The number of carbonyl (C=O) groups excluding carboxylic acids is 1. The van der Waals surface area contributed by atoms with Gasteiger partial charge in [-0.3, -0.25) is 4.79 Å². The van der Waals surface area contributed by atoms with E-state index < -0.39 is 0 Å². The van der Waals surface area contributed by atoms with E-state index in [0.717, 1.165) is 17.0 Å². The lowest BCUT2D eigenvalue weighted by Gasteiger charge is -2.11. The molecule has 1 amide bonds. The van der Waals surface area contributed by atoms with Crippen LogP contribution >= 0.6 is 0 Å². The molecule has 0 radical (unpaired) electrons. The molecule has 102 valence electrons. The highest BCUT2D eigenvalue weighted by Crippen LogP contribution is 2.17. The van der Waals surface area contributed by atoms with Gasteiger partial charge < -0.3 is 9.73 Å². The van der Waals surface area contributed by atoms with Crippen LogP contribution in [0.4, 0.5) is 0 Å². The average Bonchev–Trinajstić information content (AvgIpc) is 3.05. The SMILES string of the molecule is Cc1ccc(C(C)NC(=O)c2ccc3n[nH]nc3c2)o1. The van der Waals surface area contributed by atoms with Gasteiger partial charge in [-0.05, 0) is 44.2 Å². The van der Waals surface area contributed by atoms with Gasteiger partial charge in [-0.25, -0.2) is 0 Å². The summed E-state index contributed by atoms with van der Waals surface area (Å²) in [6.07, 6.45) is 0. The summed E-state index contributed by atoms with van der Waals surface area (Å²) in [7, 11) is 0. The van der Waals surface area contributed by atoms with Crippen LogP contribution in [0.2, 0.25) is 0 Å². The standard InChI is InChI=1S/C14H14N4O2/c1-8-3-6-13(20-8)9(2)15-14(19)10-4-5-11-12(7-10)17-18-16-11/h3-7,9H,1-2H3,(H,15,19)(H,16,17,18). The molecule has 0 spiro atoms. The van der Waals surface area contributed by atoms with Crippen molar-refractivity contribution in [2.24, 2.45) is 0 Å². The topological polar surface area (TPSA) is 83.8 Å². The van der Waals surface area contributed by atoms with E-state index in [1.54, 1.807) is 18.2 Å². The van der Waals surface area contributed by atoms with Crippen molar-refractivity contribution >= 4 is 16.9 Å². The highest BCUT2D eigenvalue weighted by molar-refractivity contribution is 5.97. The van der Waals surface area contributed by atoms with Crippen molar-refractivity contribution in [3.63, 3.8) is 0 Å². The fraction of sp³-hybridized carbons (Fsp3) is 0.214. The number of aromatic nitrogens is 3. The average molecular weight is 270 g/mol. The van der Waals surface area contributed by atoms with Gasteiger partial charge in [0.1, 0.15) is 22.6 Å². The van der Waals surface area contributed by atoms with Crippen molar-refractivity contribution < 1.29 is 9.21 Å². The quantitative estimate of drug-likeness (QED) is 0.765. The lowest BCUT2D eigenvalue weighted by molar-refractivity contribution is 0.0935. The first-order valence-corrected chi connectivity index (χ1v) is 6.31. The molecule has 3 rings (SSSR count). The van der Waals surface area contributed by atoms with E-state index >= 15 is 0 Å². The molecule has 0 aliphatic rings. The smallest absolute Gasteiger partial charge is 0.251 e. The predicted octanol–water partition coefficient (Wildman–Crippen LogP) is 2.35. The number of aromatic amines is 1. The van der Waals surface area contributed by atoms with Gasteiger partial charge in [0.25, 0.3) is 5.91 Å². The normalized spacial score (nSPS) is 12.5. The van der Waals surface area contributed by atoms with E-state index in [9.17, 15) is 4.79 Å². The molecule has 6 heteroatoms. The largest absolute Gasteiger partial charge is 0.464 e. The van der Waals surface area contributed by atoms with Crippen LogP contribution in [0.5, 0.6) is 0 Å². The number of hydrogen-bond donors (Lipinski definition) is 2. The highest BCUT2D eigenvalue weighted by atomic mass is 16.3. The first-order chi connectivity index (χ1) is 9.63. The van der Waals surface area contributed by atoms with Gasteiger partial charge in [-0.15, -0.1) is 0 Å². The summed E-state index contributed by atoms with van der Waals surface area (Å²) in [6, 6.07) is 8.73. The molecule has 0 saturated heterocycles. The first-order valence-electron chi connectivity index (χ1n) is 6.31. The van der Waals surface area contributed by atoms with Crippen molar-refractivity contribution in [2.75, 3.05) is 0 Å². The van der Waals surface area contributed by atoms with Gasteiger partial charge >= 0.3 is 0 Å². The summed E-state index contributed by atoms with van der Waals surface area (Å²) in [6.45, 7) is 3.75. The molecule has 0 aliphatic heterocycles. The van der Waals surface area contributed by atoms with Gasteiger partial charge in [-0.2, -0.15) is 15.4 Å². The molecule has 6 nitrogen and oxygen atoms in total. The molecule has 2 N–H and O–H groups in total. The van der Waals surface area contributed by atoms with Crippen molar-refractivity contribution in [1.82, 2.24) is 20.7 Å². The summed E-state index contributed by atoms with van der Waals surface area (Å²) in [5.74, 6) is 1.39. The monoisotopic (exact) mass is 270 g/mol. The van der Waals surface area contributed by atoms with Crippen LogP contribution in [-0.2, 0) is 0 Å². The summed E-state index contributed by atoms with van der Waals surface area (Å²) in [5, 5.41) is 13.3. The second kappa shape index (κ2) is 4.80. The van der Waals surface area contributed by atoms with Crippen LogP contribution in [0.1, 0.15) is 34.8 Å². The molecular formula is C14H14N4O2. The predicted molar refractivity (Wildman–Crippen MR) is 73.2 cm³/mol. The van der Waals surface area contributed by atoms with Crippen LogP contribution < -0.4 is 5.32 Å². The number of benzene rings is 1. The number of amides is 1. The Labute approximate surface area is 115 Å². The van der Waals surface area contributed by atoms with Crippen molar-refractivity contribution in [3.8, 4) is 0 Å². The van der Waals surface area contributed by atoms with Crippen LogP contribution in [-0.4, -0.2) is 21.3 Å². The summed E-state index contributed by atoms with van der Waals surface area (Å²) >= 11 is 0. The molecule has 0 aliphatic carbocycles. The van der Waals surface area contributed by atoms with Crippen molar-refractivity contribution in [2.45, 2.75) is 19.9 Å². The fourth-order valence-electron chi connectivity index (χ4n) is 2.02. The number of furan rings is 1. The Bertz CT molecular complexity index is 759. The van der Waals surface area contributed by atoms with E-state index in [2.05, 4.69) is 20.7 Å². The molecule has 2 heterocycles. The van der Waals surface area contributed by atoms with E-state index in [0.29, 0.717) is 11.1 Å². The zero-order valence-electron chi connectivity index (χ0n) is 11.2. The Kier molecular flexibility index (Phi) is 2.98. The molecule has 1 unspecified atom stereocenters. The zero-order valence-corrected chi connectivity index (χ0v) is 11.2. The molecule has 0 fully saturated rings. The molecule has 1 atom stereocenters. The summed E-state index contributed by atoms with van der Waals surface area (Å²) < 4.78 is 5.50. The van der Waals surface area contributed by atoms with Crippen LogP contribution in [0.15, 0.2) is 34.7 Å². The summed E-state index contributed by atoms with van der Waals surface area (Å²) in [5.41, 5.74) is 1.94. The maximum Gasteiger partial charge on any atom is 0.251 e. The van der Waals surface area contributed by atoms with Gasteiger partial charge in [0, 0.05) is 5.56 Å². The number of H-pyrrole nitrogens is 1.